The van der Waals surface area contributed by atoms with Crippen LogP contribution in [0.2, 0.25) is 0 Å². The molecule has 1 aliphatic heterocycles. The predicted molar refractivity (Wildman–Crippen MR) is 121 cm³/mol. The van der Waals surface area contributed by atoms with Crippen LogP contribution < -0.4 is 10.2 Å². The fourth-order valence-electron chi connectivity index (χ4n) is 3.73. The zero-order valence-electron chi connectivity index (χ0n) is 17.7. The minimum Gasteiger partial charge on any atom is -0.350 e. The fraction of sp³-hybridized carbons (Fsp3) is 0.154. The molecule has 156 valence electrons. The zero-order valence-corrected chi connectivity index (χ0v) is 17.7. The van der Waals surface area contributed by atoms with Gasteiger partial charge in [-0.05, 0) is 67.3 Å². The lowest BCUT2D eigenvalue weighted by atomic mass is 10.0. The largest absolute Gasteiger partial charge is 0.350 e. The monoisotopic (exact) mass is 414 g/mol. The first-order valence-corrected chi connectivity index (χ1v) is 10.2. The minimum atomic E-state index is -0.437. The van der Waals surface area contributed by atoms with Crippen LogP contribution >= 0.6 is 0 Å². The maximum atomic E-state index is 13.5. The van der Waals surface area contributed by atoms with Gasteiger partial charge < -0.3 is 5.32 Å². The van der Waals surface area contributed by atoms with Crippen molar-refractivity contribution in [1.82, 2.24) is 0 Å². The van der Waals surface area contributed by atoms with Gasteiger partial charge in [-0.15, -0.1) is 0 Å². The van der Waals surface area contributed by atoms with Gasteiger partial charge in [0.2, 0.25) is 0 Å². The van der Waals surface area contributed by atoms with Gasteiger partial charge in [-0.25, -0.2) is 9.29 Å². The molecular formula is C26H23FN2O2. The molecule has 31 heavy (non-hydrogen) atoms. The van der Waals surface area contributed by atoms with E-state index in [4.69, 9.17) is 0 Å². The zero-order chi connectivity index (χ0) is 22.1. The summed E-state index contributed by atoms with van der Waals surface area (Å²) in [5.74, 6) is -1.28. The van der Waals surface area contributed by atoms with Crippen LogP contribution in [0.25, 0.3) is 5.57 Å². The number of carbonyl (C=O) groups excluding carboxylic acids is 2. The van der Waals surface area contributed by atoms with Crippen molar-refractivity contribution in [2.24, 2.45) is 0 Å². The first kappa shape index (κ1) is 20.5. The summed E-state index contributed by atoms with van der Waals surface area (Å²) in [6.45, 7) is 5.98. The third-order valence-corrected chi connectivity index (χ3v) is 5.46. The number of rotatable bonds is 5. The summed E-state index contributed by atoms with van der Waals surface area (Å²) in [6, 6.07) is 18.8. The minimum absolute atomic E-state index is 0.183. The Kier molecular flexibility index (Phi) is 5.42. The van der Waals surface area contributed by atoms with Crippen molar-refractivity contribution in [2.75, 3.05) is 10.2 Å². The van der Waals surface area contributed by atoms with Gasteiger partial charge in [0.25, 0.3) is 11.8 Å². The summed E-state index contributed by atoms with van der Waals surface area (Å²) in [5, 5.41) is 3.18. The Bertz CT molecular complexity index is 1200. The van der Waals surface area contributed by atoms with E-state index in [0.717, 1.165) is 28.8 Å². The highest BCUT2D eigenvalue weighted by Crippen LogP contribution is 2.34. The molecule has 0 aromatic heterocycles. The lowest BCUT2D eigenvalue weighted by Gasteiger charge is -2.16. The van der Waals surface area contributed by atoms with E-state index >= 15 is 0 Å². The number of amides is 2. The molecule has 0 atom stereocenters. The molecule has 2 amide bonds. The molecule has 1 N–H and O–H groups in total. The molecule has 4 rings (SSSR count). The predicted octanol–water partition coefficient (Wildman–Crippen LogP) is 5.40. The van der Waals surface area contributed by atoms with Crippen LogP contribution in [-0.4, -0.2) is 11.8 Å². The lowest BCUT2D eigenvalue weighted by molar-refractivity contribution is -0.120. The SMILES string of the molecule is CCc1ccc(N2C(=O)C(Nc3ccc(C)cc3C)=C(c3ccc(F)cc3)C2=O)cc1. The number of benzene rings is 3. The summed E-state index contributed by atoms with van der Waals surface area (Å²) < 4.78 is 13.5. The van der Waals surface area contributed by atoms with Crippen LogP contribution in [0.3, 0.4) is 0 Å². The Labute approximate surface area is 181 Å². The number of carbonyl (C=O) groups is 2. The van der Waals surface area contributed by atoms with E-state index in [2.05, 4.69) is 5.32 Å². The molecule has 3 aromatic carbocycles. The van der Waals surface area contributed by atoms with Crippen LogP contribution in [0.5, 0.6) is 0 Å². The van der Waals surface area contributed by atoms with E-state index < -0.39 is 17.6 Å². The van der Waals surface area contributed by atoms with Gasteiger partial charge in [-0.1, -0.05) is 48.9 Å². The van der Waals surface area contributed by atoms with Crippen molar-refractivity contribution < 1.29 is 14.0 Å². The third-order valence-electron chi connectivity index (χ3n) is 5.46. The van der Waals surface area contributed by atoms with Crippen LogP contribution in [0, 0.1) is 19.7 Å². The van der Waals surface area contributed by atoms with Gasteiger partial charge in [0.05, 0.1) is 11.3 Å². The maximum absolute atomic E-state index is 13.5. The normalized spacial score (nSPS) is 13.9. The van der Waals surface area contributed by atoms with Crippen molar-refractivity contribution in [3.63, 3.8) is 0 Å². The van der Waals surface area contributed by atoms with Crippen molar-refractivity contribution in [3.05, 3.63) is 100 Å². The van der Waals surface area contributed by atoms with E-state index in [1.165, 1.54) is 29.2 Å². The summed E-state index contributed by atoms with van der Waals surface area (Å²) >= 11 is 0. The van der Waals surface area contributed by atoms with Crippen molar-refractivity contribution >= 4 is 28.8 Å². The molecule has 1 aliphatic rings. The number of aryl methyl sites for hydroxylation is 3. The molecule has 0 saturated heterocycles. The molecule has 5 heteroatoms. The van der Waals surface area contributed by atoms with Crippen LogP contribution in [0.1, 0.15) is 29.2 Å². The lowest BCUT2D eigenvalue weighted by Crippen LogP contribution is -2.32. The third kappa shape index (κ3) is 3.87. The number of hydrogen-bond donors (Lipinski definition) is 1. The molecule has 0 aliphatic carbocycles. The van der Waals surface area contributed by atoms with E-state index in [0.29, 0.717) is 11.3 Å². The quantitative estimate of drug-likeness (QED) is 0.569. The van der Waals surface area contributed by atoms with E-state index in [1.807, 2.05) is 51.1 Å². The molecule has 0 spiro atoms. The number of nitrogens with one attached hydrogen (secondary N) is 1. The fourth-order valence-corrected chi connectivity index (χ4v) is 3.73. The molecular weight excluding hydrogens is 391 g/mol. The molecule has 0 radical (unpaired) electrons. The highest BCUT2D eigenvalue weighted by atomic mass is 19.1. The van der Waals surface area contributed by atoms with Gasteiger partial charge in [-0.2, -0.15) is 0 Å². The Hall–Kier alpha value is -3.73. The molecule has 3 aromatic rings. The summed E-state index contributed by atoms with van der Waals surface area (Å²) in [4.78, 5) is 28.0. The van der Waals surface area contributed by atoms with Gasteiger partial charge in [-0.3, -0.25) is 9.59 Å². The molecule has 0 saturated carbocycles. The standard InChI is InChI=1S/C26H23FN2O2/c1-4-18-6-12-21(13-7-18)29-25(30)23(19-8-10-20(27)11-9-19)24(26(29)31)28-22-14-5-16(2)15-17(22)3/h5-15,28H,4H2,1-3H3. The number of anilines is 2. The second kappa shape index (κ2) is 8.19. The number of halogens is 1. The van der Waals surface area contributed by atoms with Gasteiger partial charge in [0.15, 0.2) is 0 Å². The van der Waals surface area contributed by atoms with Crippen molar-refractivity contribution in [2.45, 2.75) is 27.2 Å². The average molecular weight is 414 g/mol. The first-order chi connectivity index (χ1) is 14.9. The second-order valence-corrected chi connectivity index (χ2v) is 7.67. The van der Waals surface area contributed by atoms with Gasteiger partial charge in [0.1, 0.15) is 11.5 Å². The number of imide groups is 1. The van der Waals surface area contributed by atoms with Gasteiger partial charge >= 0.3 is 0 Å². The van der Waals surface area contributed by atoms with E-state index in [-0.39, 0.29) is 11.3 Å². The van der Waals surface area contributed by atoms with Crippen molar-refractivity contribution in [3.8, 4) is 0 Å². The summed E-state index contributed by atoms with van der Waals surface area (Å²) in [7, 11) is 0. The summed E-state index contributed by atoms with van der Waals surface area (Å²) in [6.07, 6.45) is 0.862. The molecule has 0 fully saturated rings. The Morgan fingerprint density at radius 3 is 2.16 bits per heavy atom. The van der Waals surface area contributed by atoms with E-state index in [1.54, 1.807) is 12.1 Å². The Morgan fingerprint density at radius 1 is 0.871 bits per heavy atom. The highest BCUT2D eigenvalue weighted by molar-refractivity contribution is 6.46. The van der Waals surface area contributed by atoms with Crippen LogP contribution in [0.4, 0.5) is 15.8 Å². The molecule has 4 nitrogen and oxygen atoms in total. The van der Waals surface area contributed by atoms with Crippen LogP contribution in [0.15, 0.2) is 72.4 Å². The Morgan fingerprint density at radius 2 is 1.55 bits per heavy atom. The first-order valence-electron chi connectivity index (χ1n) is 10.2. The molecule has 0 bridgehead atoms. The topological polar surface area (TPSA) is 49.4 Å². The van der Waals surface area contributed by atoms with Crippen molar-refractivity contribution in [1.29, 1.82) is 0 Å². The smallest absolute Gasteiger partial charge is 0.282 e. The van der Waals surface area contributed by atoms with E-state index in [9.17, 15) is 14.0 Å². The van der Waals surface area contributed by atoms with Gasteiger partial charge in [0, 0.05) is 5.69 Å². The molecule has 1 heterocycles. The summed E-state index contributed by atoms with van der Waals surface area (Å²) in [5.41, 5.74) is 5.31. The second-order valence-electron chi connectivity index (χ2n) is 7.67. The van der Waals surface area contributed by atoms with Crippen LogP contribution in [-0.2, 0) is 16.0 Å². The molecule has 0 unspecified atom stereocenters. The average Bonchev–Trinajstić information content (AvgIpc) is 3.00. The Balaban J connectivity index is 1.81. The number of nitrogens with zero attached hydrogens (tertiary/aromatic N) is 1. The highest BCUT2D eigenvalue weighted by Gasteiger charge is 2.40. The maximum Gasteiger partial charge on any atom is 0.282 e. The number of hydrogen-bond acceptors (Lipinski definition) is 3.